The molecule has 4 N–H and O–H groups in total. The van der Waals surface area contributed by atoms with Crippen LogP contribution in [0.4, 0.5) is 0 Å². The topological polar surface area (TPSA) is 128 Å². The molecule has 1 aromatic carbocycles. The first kappa shape index (κ1) is 15.1. The van der Waals surface area contributed by atoms with Crippen LogP contribution in [-0.4, -0.2) is 26.2 Å². The van der Waals surface area contributed by atoms with Crippen molar-refractivity contribution >= 4 is 5.78 Å². The van der Waals surface area contributed by atoms with E-state index in [0.717, 1.165) is 6.07 Å². The summed E-state index contributed by atoms with van der Waals surface area (Å²) < 4.78 is 5.47. The lowest BCUT2D eigenvalue weighted by molar-refractivity contribution is -0.124. The summed E-state index contributed by atoms with van der Waals surface area (Å²) in [6.07, 6.45) is -0.401. The molecule has 0 amide bonds. The van der Waals surface area contributed by atoms with Crippen LogP contribution < -0.4 is 5.43 Å². The van der Waals surface area contributed by atoms with Crippen molar-refractivity contribution in [2.45, 2.75) is 25.4 Å². The van der Waals surface area contributed by atoms with E-state index < -0.39 is 22.5 Å². The Morgan fingerprint density at radius 3 is 2.48 bits per heavy atom. The molecule has 23 heavy (non-hydrogen) atoms. The second kappa shape index (κ2) is 4.85. The molecule has 0 saturated heterocycles. The van der Waals surface area contributed by atoms with Gasteiger partial charge in [0.2, 0.25) is 11.2 Å². The average Bonchev–Trinajstić information content (AvgIpc) is 2.44. The molecule has 7 nitrogen and oxygen atoms in total. The molecule has 1 unspecified atom stereocenters. The van der Waals surface area contributed by atoms with E-state index in [4.69, 9.17) is 4.42 Å². The first-order valence-electron chi connectivity index (χ1n) is 6.86. The molecule has 1 aromatic heterocycles. The van der Waals surface area contributed by atoms with Crippen molar-refractivity contribution in [3.8, 4) is 28.6 Å². The number of fused-ring (bicyclic) bond motifs is 1. The number of Topliss-reactive ketones (excluding diaryl/α,β-unsaturated/α-hetero) is 1. The molecule has 7 heteroatoms. The monoisotopic (exact) mass is 318 g/mol. The Balaban J connectivity index is 2.27. The number of hydrogen-bond donors (Lipinski definition) is 4. The summed E-state index contributed by atoms with van der Waals surface area (Å²) in [5.41, 5.74) is -2.53. The number of benzene rings is 1. The lowest BCUT2D eigenvalue weighted by atomic mass is 9.82. The minimum absolute atomic E-state index is 0.0170. The maximum absolute atomic E-state index is 12.4. The van der Waals surface area contributed by atoms with Gasteiger partial charge in [0.1, 0.15) is 17.1 Å². The fourth-order valence-electron chi connectivity index (χ4n) is 2.81. The second-order valence-corrected chi connectivity index (χ2v) is 5.78. The third-order valence-electron chi connectivity index (χ3n) is 3.84. The SMILES string of the molecule is CC1(O)CC(=O)Cc2oc(-c3ccc(O)c(O)c3)c(O)c(=O)c21. The Kier molecular flexibility index (Phi) is 3.19. The zero-order valence-electron chi connectivity index (χ0n) is 12.2. The van der Waals surface area contributed by atoms with Gasteiger partial charge in [-0.15, -0.1) is 0 Å². The van der Waals surface area contributed by atoms with Crippen LogP contribution in [0, 0.1) is 0 Å². The molecule has 0 aliphatic heterocycles. The molecule has 0 fully saturated rings. The molecule has 3 rings (SSSR count). The number of phenolic OH excluding ortho intramolecular Hbond substituents is 2. The van der Waals surface area contributed by atoms with E-state index in [-0.39, 0.29) is 47.0 Å². The highest BCUT2D eigenvalue weighted by molar-refractivity contribution is 5.84. The highest BCUT2D eigenvalue weighted by atomic mass is 16.4. The van der Waals surface area contributed by atoms with Gasteiger partial charge in [-0.25, -0.2) is 0 Å². The van der Waals surface area contributed by atoms with Crippen molar-refractivity contribution in [1.29, 1.82) is 0 Å². The van der Waals surface area contributed by atoms with E-state index in [1.165, 1.54) is 19.1 Å². The van der Waals surface area contributed by atoms with Crippen LogP contribution in [-0.2, 0) is 16.8 Å². The molecule has 2 aromatic rings. The molecule has 120 valence electrons. The van der Waals surface area contributed by atoms with Crippen LogP contribution in [0.5, 0.6) is 17.2 Å². The van der Waals surface area contributed by atoms with E-state index in [0.29, 0.717) is 0 Å². The van der Waals surface area contributed by atoms with Crippen molar-refractivity contribution in [2.24, 2.45) is 0 Å². The number of aliphatic hydroxyl groups is 1. The predicted octanol–water partition coefficient (Wildman–Crippen LogP) is 1.15. The van der Waals surface area contributed by atoms with E-state index >= 15 is 0 Å². The zero-order chi connectivity index (χ0) is 16.9. The Labute approximate surface area is 130 Å². The van der Waals surface area contributed by atoms with Crippen molar-refractivity contribution in [2.75, 3.05) is 0 Å². The molecule has 0 spiro atoms. The number of aromatic hydroxyl groups is 3. The van der Waals surface area contributed by atoms with Gasteiger partial charge in [0.05, 0.1) is 12.0 Å². The van der Waals surface area contributed by atoms with Crippen LogP contribution in [0.2, 0.25) is 0 Å². The highest BCUT2D eigenvalue weighted by Gasteiger charge is 2.39. The summed E-state index contributed by atoms with van der Waals surface area (Å²) >= 11 is 0. The first-order valence-corrected chi connectivity index (χ1v) is 6.86. The number of hydrogen-bond acceptors (Lipinski definition) is 7. The summed E-state index contributed by atoms with van der Waals surface area (Å²) in [4.78, 5) is 24.1. The maximum atomic E-state index is 12.4. The normalized spacial score (nSPS) is 20.3. The quantitative estimate of drug-likeness (QED) is 0.580. The minimum atomic E-state index is -1.71. The van der Waals surface area contributed by atoms with Crippen molar-refractivity contribution in [3.05, 3.63) is 39.7 Å². The van der Waals surface area contributed by atoms with Crippen molar-refractivity contribution < 1.29 is 29.6 Å². The van der Waals surface area contributed by atoms with Crippen molar-refractivity contribution in [3.63, 3.8) is 0 Å². The predicted molar refractivity (Wildman–Crippen MR) is 78.3 cm³/mol. The molecule has 1 aliphatic rings. The van der Waals surface area contributed by atoms with Crippen LogP contribution in [0.3, 0.4) is 0 Å². The van der Waals surface area contributed by atoms with Gasteiger partial charge in [0.25, 0.3) is 0 Å². The zero-order valence-corrected chi connectivity index (χ0v) is 12.2. The smallest absolute Gasteiger partial charge is 0.233 e. The number of rotatable bonds is 1. The Bertz CT molecular complexity index is 877. The maximum Gasteiger partial charge on any atom is 0.233 e. The van der Waals surface area contributed by atoms with Gasteiger partial charge in [-0.3, -0.25) is 9.59 Å². The summed E-state index contributed by atoms with van der Waals surface area (Å²) in [6.45, 7) is 1.31. The van der Waals surface area contributed by atoms with Gasteiger partial charge < -0.3 is 24.8 Å². The molecule has 0 bridgehead atoms. The standard InChI is InChI=1S/C16H14O7/c1-16(22)6-8(17)5-11-12(16)13(20)14(21)15(23-11)7-2-3-9(18)10(19)4-7/h2-4,18-19,21-22H,5-6H2,1H3. The Morgan fingerprint density at radius 1 is 1.13 bits per heavy atom. The number of carbonyl (C=O) groups is 1. The summed E-state index contributed by atoms with van der Waals surface area (Å²) in [6, 6.07) is 3.62. The Morgan fingerprint density at radius 2 is 1.83 bits per heavy atom. The summed E-state index contributed by atoms with van der Waals surface area (Å²) in [5, 5.41) is 39.3. The number of phenols is 2. The molecule has 0 saturated carbocycles. The highest BCUT2D eigenvalue weighted by Crippen LogP contribution is 2.38. The lowest BCUT2D eigenvalue weighted by Gasteiger charge is -2.28. The lowest BCUT2D eigenvalue weighted by Crippen LogP contribution is -2.37. The van der Waals surface area contributed by atoms with Gasteiger partial charge in [-0.1, -0.05) is 0 Å². The average molecular weight is 318 g/mol. The van der Waals surface area contributed by atoms with Gasteiger partial charge in [0.15, 0.2) is 17.3 Å². The largest absolute Gasteiger partial charge is 0.504 e. The third-order valence-corrected chi connectivity index (χ3v) is 3.84. The molecule has 1 heterocycles. The molecular weight excluding hydrogens is 304 g/mol. The molecule has 0 radical (unpaired) electrons. The molecule has 1 atom stereocenters. The van der Waals surface area contributed by atoms with Crippen LogP contribution in [0.25, 0.3) is 11.3 Å². The van der Waals surface area contributed by atoms with Crippen molar-refractivity contribution in [1.82, 2.24) is 0 Å². The molecular formula is C16H14O7. The number of carbonyl (C=O) groups excluding carboxylic acids is 1. The fraction of sp³-hybridized carbons (Fsp3) is 0.250. The van der Waals surface area contributed by atoms with Gasteiger partial charge in [-0.2, -0.15) is 0 Å². The van der Waals surface area contributed by atoms with E-state index in [2.05, 4.69) is 0 Å². The first-order chi connectivity index (χ1) is 10.7. The third kappa shape index (κ3) is 2.35. The van der Waals surface area contributed by atoms with Gasteiger partial charge in [-0.05, 0) is 25.1 Å². The van der Waals surface area contributed by atoms with Crippen LogP contribution >= 0.6 is 0 Å². The van der Waals surface area contributed by atoms with Crippen LogP contribution in [0.15, 0.2) is 27.4 Å². The minimum Gasteiger partial charge on any atom is -0.504 e. The second-order valence-electron chi connectivity index (χ2n) is 5.78. The van der Waals surface area contributed by atoms with E-state index in [9.17, 15) is 30.0 Å². The number of ketones is 1. The van der Waals surface area contributed by atoms with E-state index in [1.807, 2.05) is 0 Å². The van der Waals surface area contributed by atoms with Crippen LogP contribution in [0.1, 0.15) is 24.7 Å². The summed E-state index contributed by atoms with van der Waals surface area (Å²) in [7, 11) is 0. The summed E-state index contributed by atoms with van der Waals surface area (Å²) in [5.74, 6) is -2.11. The van der Waals surface area contributed by atoms with Gasteiger partial charge in [0, 0.05) is 12.0 Å². The fourth-order valence-corrected chi connectivity index (χ4v) is 2.81. The molecule has 1 aliphatic carbocycles. The Hall–Kier alpha value is -2.80. The van der Waals surface area contributed by atoms with Gasteiger partial charge >= 0.3 is 0 Å². The van der Waals surface area contributed by atoms with E-state index in [1.54, 1.807) is 0 Å².